The molecule has 0 bridgehead atoms. The summed E-state index contributed by atoms with van der Waals surface area (Å²) in [5, 5.41) is 19.1. The Hall–Kier alpha value is -3.90. The molecule has 0 saturated heterocycles. The van der Waals surface area contributed by atoms with E-state index in [-0.39, 0.29) is 5.75 Å². The molecule has 0 amide bonds. The molecule has 5 aromatic rings. The first kappa shape index (κ1) is 19.8. The molecule has 1 aliphatic heterocycles. The van der Waals surface area contributed by atoms with Crippen molar-refractivity contribution in [2.45, 2.75) is 26.4 Å². The van der Waals surface area contributed by atoms with Gasteiger partial charge in [0.25, 0.3) is 0 Å². The second-order valence-electron chi connectivity index (χ2n) is 8.63. The largest absolute Gasteiger partial charge is 0.504 e. The zero-order valence-corrected chi connectivity index (χ0v) is 18.7. The van der Waals surface area contributed by atoms with E-state index in [1.807, 2.05) is 19.2 Å². The van der Waals surface area contributed by atoms with Crippen LogP contribution in [0.15, 0.2) is 60.7 Å². The lowest BCUT2D eigenvalue weighted by atomic mass is 10.00. The molecule has 0 atom stereocenters. The van der Waals surface area contributed by atoms with E-state index in [4.69, 9.17) is 4.98 Å². The average molecular weight is 436 g/mol. The van der Waals surface area contributed by atoms with Crippen molar-refractivity contribution in [1.29, 1.82) is 0 Å². The van der Waals surface area contributed by atoms with Crippen LogP contribution >= 0.6 is 0 Å². The Balaban J connectivity index is 1.36. The molecule has 1 aliphatic rings. The summed E-state index contributed by atoms with van der Waals surface area (Å²) in [6.07, 6.45) is 1.01. The van der Waals surface area contributed by atoms with Crippen LogP contribution < -0.4 is 5.32 Å². The summed E-state index contributed by atoms with van der Waals surface area (Å²) in [6, 6.07) is 21.0. The van der Waals surface area contributed by atoms with Gasteiger partial charge < -0.3 is 15.4 Å². The third kappa shape index (κ3) is 3.31. The van der Waals surface area contributed by atoms with Crippen LogP contribution in [0.5, 0.6) is 5.75 Å². The van der Waals surface area contributed by atoms with E-state index in [2.05, 4.69) is 70.9 Å². The van der Waals surface area contributed by atoms with Gasteiger partial charge in [-0.3, -0.25) is 4.68 Å². The van der Waals surface area contributed by atoms with Gasteiger partial charge in [-0.05, 0) is 46.4 Å². The number of aromatic amines is 1. The van der Waals surface area contributed by atoms with E-state index in [1.165, 1.54) is 22.3 Å². The highest BCUT2D eigenvalue weighted by Gasteiger charge is 2.22. The number of hydrogen-bond acceptors (Lipinski definition) is 4. The molecule has 0 fully saturated rings. The number of rotatable bonds is 4. The van der Waals surface area contributed by atoms with Crippen molar-refractivity contribution in [1.82, 2.24) is 25.1 Å². The molecule has 6 heteroatoms. The number of nitrogens with zero attached hydrogens (tertiary/aromatic N) is 3. The predicted molar refractivity (Wildman–Crippen MR) is 131 cm³/mol. The van der Waals surface area contributed by atoms with Gasteiger partial charge in [-0.25, -0.2) is 4.98 Å². The van der Waals surface area contributed by atoms with Crippen molar-refractivity contribution in [3.8, 4) is 39.7 Å². The minimum Gasteiger partial charge on any atom is -0.504 e. The van der Waals surface area contributed by atoms with Gasteiger partial charge in [0.05, 0.1) is 11.0 Å². The number of aryl methyl sites for hydroxylation is 2. The molecule has 2 aromatic heterocycles. The zero-order valence-electron chi connectivity index (χ0n) is 18.7. The predicted octanol–water partition coefficient (Wildman–Crippen LogP) is 5.17. The lowest BCUT2D eigenvalue weighted by Gasteiger charge is -2.05. The van der Waals surface area contributed by atoms with Crippen LogP contribution in [-0.2, 0) is 26.6 Å². The van der Waals surface area contributed by atoms with E-state index in [0.29, 0.717) is 17.2 Å². The molecule has 164 valence electrons. The van der Waals surface area contributed by atoms with Crippen LogP contribution in [0, 0.1) is 0 Å². The Kier molecular flexibility index (Phi) is 4.55. The zero-order chi connectivity index (χ0) is 22.5. The van der Waals surface area contributed by atoms with Gasteiger partial charge in [-0.1, -0.05) is 55.5 Å². The van der Waals surface area contributed by atoms with Gasteiger partial charge in [-0.15, -0.1) is 0 Å². The second kappa shape index (κ2) is 7.60. The van der Waals surface area contributed by atoms with Crippen LogP contribution in [-0.4, -0.2) is 24.9 Å². The number of fused-ring (bicyclic) bond motifs is 2. The Bertz CT molecular complexity index is 1450. The minimum atomic E-state index is 0.131. The van der Waals surface area contributed by atoms with Crippen molar-refractivity contribution in [2.24, 2.45) is 7.05 Å². The topological polar surface area (TPSA) is 78.8 Å². The minimum absolute atomic E-state index is 0.131. The van der Waals surface area contributed by atoms with Crippen molar-refractivity contribution < 1.29 is 5.11 Å². The standard InChI is InChI=1S/C27H25N5O/c1-3-16-5-4-6-19(11-16)17-7-9-18(10-8-17)24-26(33)25(32(2)31-24)27-29-22-12-20-14-28-15-21(20)13-23(22)30-27/h4-13,28,33H,3,14-15H2,1-2H3,(H,29,30). The summed E-state index contributed by atoms with van der Waals surface area (Å²) in [5.74, 6) is 0.750. The highest BCUT2D eigenvalue weighted by Crippen LogP contribution is 2.38. The Labute approximate surface area is 191 Å². The molecule has 0 radical (unpaired) electrons. The lowest BCUT2D eigenvalue weighted by Crippen LogP contribution is -1.99. The molecule has 0 aliphatic carbocycles. The van der Waals surface area contributed by atoms with Crippen molar-refractivity contribution in [3.05, 3.63) is 77.4 Å². The smallest absolute Gasteiger partial charge is 0.173 e. The Morgan fingerprint density at radius 2 is 1.70 bits per heavy atom. The summed E-state index contributed by atoms with van der Waals surface area (Å²) in [5.41, 5.74) is 10.1. The molecule has 3 N–H and O–H groups in total. The molecule has 33 heavy (non-hydrogen) atoms. The molecule has 6 nitrogen and oxygen atoms in total. The maximum Gasteiger partial charge on any atom is 0.173 e. The number of hydrogen-bond donors (Lipinski definition) is 3. The summed E-state index contributed by atoms with van der Waals surface area (Å²) in [7, 11) is 1.83. The Morgan fingerprint density at radius 3 is 2.48 bits per heavy atom. The van der Waals surface area contributed by atoms with E-state index in [9.17, 15) is 5.11 Å². The van der Waals surface area contributed by atoms with Gasteiger partial charge in [0.2, 0.25) is 0 Å². The highest BCUT2D eigenvalue weighted by molar-refractivity contribution is 5.84. The van der Waals surface area contributed by atoms with Crippen LogP contribution in [0.4, 0.5) is 0 Å². The number of benzene rings is 3. The molecular weight excluding hydrogens is 410 g/mol. The number of imidazole rings is 1. The third-order valence-electron chi connectivity index (χ3n) is 6.51. The molecule has 0 saturated carbocycles. The quantitative estimate of drug-likeness (QED) is 0.364. The van der Waals surface area contributed by atoms with Gasteiger partial charge >= 0.3 is 0 Å². The maximum atomic E-state index is 11.1. The molecular formula is C27H25N5O. The average Bonchev–Trinajstić information content (AvgIpc) is 3.53. The molecule has 0 unspecified atom stereocenters. The van der Waals surface area contributed by atoms with Crippen LogP contribution in [0.25, 0.3) is 44.9 Å². The number of aromatic nitrogens is 4. The van der Waals surface area contributed by atoms with E-state index in [1.54, 1.807) is 4.68 Å². The fourth-order valence-electron chi connectivity index (χ4n) is 4.68. The van der Waals surface area contributed by atoms with Gasteiger partial charge in [0.1, 0.15) is 11.4 Å². The molecule has 6 rings (SSSR count). The summed E-state index contributed by atoms with van der Waals surface area (Å²) < 4.78 is 1.69. The summed E-state index contributed by atoms with van der Waals surface area (Å²) >= 11 is 0. The monoisotopic (exact) mass is 435 g/mol. The third-order valence-corrected chi connectivity index (χ3v) is 6.51. The number of aromatic hydroxyl groups is 1. The van der Waals surface area contributed by atoms with E-state index < -0.39 is 0 Å². The van der Waals surface area contributed by atoms with Crippen LogP contribution in [0.3, 0.4) is 0 Å². The first-order valence-electron chi connectivity index (χ1n) is 11.3. The summed E-state index contributed by atoms with van der Waals surface area (Å²) in [4.78, 5) is 8.12. The molecule has 3 aromatic carbocycles. The van der Waals surface area contributed by atoms with Gasteiger partial charge in [-0.2, -0.15) is 5.10 Å². The first-order chi connectivity index (χ1) is 16.1. The van der Waals surface area contributed by atoms with Crippen LogP contribution in [0.2, 0.25) is 0 Å². The fraction of sp³-hybridized carbons (Fsp3) is 0.185. The SMILES string of the molecule is CCc1cccc(-c2ccc(-c3nn(C)c(-c4nc5cc6c(cc5[nH]4)CNC6)c3O)cc2)c1. The normalized spacial score (nSPS) is 13.0. The van der Waals surface area contributed by atoms with Gasteiger partial charge in [0.15, 0.2) is 11.6 Å². The van der Waals surface area contributed by atoms with Crippen LogP contribution in [0.1, 0.15) is 23.6 Å². The summed E-state index contributed by atoms with van der Waals surface area (Å²) in [6.45, 7) is 3.91. The molecule has 3 heterocycles. The van der Waals surface area contributed by atoms with E-state index in [0.717, 1.165) is 41.7 Å². The highest BCUT2D eigenvalue weighted by atomic mass is 16.3. The fourth-order valence-corrected chi connectivity index (χ4v) is 4.68. The first-order valence-corrected chi connectivity index (χ1v) is 11.3. The lowest BCUT2D eigenvalue weighted by molar-refractivity contribution is 0.478. The Morgan fingerprint density at radius 1 is 0.939 bits per heavy atom. The van der Waals surface area contributed by atoms with E-state index >= 15 is 0 Å². The molecule has 0 spiro atoms. The van der Waals surface area contributed by atoms with Crippen molar-refractivity contribution >= 4 is 11.0 Å². The van der Waals surface area contributed by atoms with Crippen molar-refractivity contribution in [2.75, 3.05) is 0 Å². The van der Waals surface area contributed by atoms with Gasteiger partial charge in [0, 0.05) is 25.7 Å². The number of H-pyrrole nitrogens is 1. The second-order valence-corrected chi connectivity index (χ2v) is 8.63. The number of nitrogens with one attached hydrogen (secondary N) is 2. The maximum absolute atomic E-state index is 11.1. The van der Waals surface area contributed by atoms with Crippen molar-refractivity contribution in [3.63, 3.8) is 0 Å².